The van der Waals surface area contributed by atoms with Crippen molar-refractivity contribution in [3.8, 4) is 11.1 Å². The van der Waals surface area contributed by atoms with Gasteiger partial charge in [-0.15, -0.1) is 0 Å². The summed E-state index contributed by atoms with van der Waals surface area (Å²) in [5.41, 5.74) is 4.29. The van der Waals surface area contributed by atoms with Gasteiger partial charge in [-0.2, -0.15) is 5.10 Å². The van der Waals surface area contributed by atoms with E-state index in [-0.39, 0.29) is 19.1 Å². The van der Waals surface area contributed by atoms with Crippen molar-refractivity contribution in [2.75, 3.05) is 13.7 Å². The highest BCUT2D eigenvalue weighted by molar-refractivity contribution is 5.89. The summed E-state index contributed by atoms with van der Waals surface area (Å²) in [6, 6.07) is 14.6. The molecule has 1 atom stereocenters. The zero-order chi connectivity index (χ0) is 24.2. The Morgan fingerprint density at radius 3 is 2.29 bits per heavy atom. The van der Waals surface area contributed by atoms with Crippen LogP contribution in [0.3, 0.4) is 0 Å². The molecule has 10 heteroatoms. The number of fused-ring (bicyclic) bond motifs is 3. The Balaban J connectivity index is 1.41. The van der Waals surface area contributed by atoms with Gasteiger partial charge in [0.2, 0.25) is 5.91 Å². The number of hydrogen-bond acceptors (Lipinski definition) is 6. The van der Waals surface area contributed by atoms with Gasteiger partial charge >= 0.3 is 12.1 Å². The Hall–Kier alpha value is -4.21. The molecule has 2 amide bonds. The number of nitrogens with zero attached hydrogens (tertiary/aromatic N) is 3. The minimum atomic E-state index is -1.29. The first kappa shape index (κ1) is 23.0. The second kappa shape index (κ2) is 9.74. The average molecular weight is 463 g/mol. The van der Waals surface area contributed by atoms with Gasteiger partial charge in [-0.3, -0.25) is 14.7 Å². The van der Waals surface area contributed by atoms with Gasteiger partial charge in [0.15, 0.2) is 5.82 Å². The maximum absolute atomic E-state index is 12.8. The topological polar surface area (TPSA) is 138 Å². The van der Waals surface area contributed by atoms with Crippen molar-refractivity contribution in [2.45, 2.75) is 31.8 Å². The highest BCUT2D eigenvalue weighted by Crippen LogP contribution is 2.44. The molecule has 2 aromatic carbocycles. The number of aromatic nitrogens is 3. The summed E-state index contributed by atoms with van der Waals surface area (Å²) in [4.78, 5) is 42.1. The van der Waals surface area contributed by atoms with Gasteiger partial charge in [0, 0.05) is 13.0 Å². The van der Waals surface area contributed by atoms with Gasteiger partial charge in [0.25, 0.3) is 0 Å². The normalized spacial score (nSPS) is 13.0. The number of H-pyrrole nitrogens is 1. The summed E-state index contributed by atoms with van der Waals surface area (Å²) in [7, 11) is 1.49. The van der Waals surface area contributed by atoms with Gasteiger partial charge in [0.05, 0.1) is 13.0 Å². The molecule has 10 nitrogen and oxygen atoms in total. The van der Waals surface area contributed by atoms with Crippen molar-refractivity contribution in [3.05, 3.63) is 71.3 Å². The van der Waals surface area contributed by atoms with E-state index < -0.39 is 30.4 Å². The van der Waals surface area contributed by atoms with Crippen LogP contribution >= 0.6 is 0 Å². The molecule has 1 aliphatic rings. The number of rotatable bonds is 8. The third kappa shape index (κ3) is 4.90. The molecule has 3 aromatic rings. The molecule has 0 bridgehead atoms. The number of carbonyl (C=O) groups excluding carboxylic acids is 2. The second-order valence-corrected chi connectivity index (χ2v) is 8.15. The average Bonchev–Trinajstić information content (AvgIpc) is 3.37. The van der Waals surface area contributed by atoms with E-state index >= 15 is 0 Å². The van der Waals surface area contributed by atoms with Crippen LogP contribution in [0, 0.1) is 6.92 Å². The largest absolute Gasteiger partial charge is 0.481 e. The van der Waals surface area contributed by atoms with Crippen LogP contribution < -0.4 is 5.32 Å². The van der Waals surface area contributed by atoms with Crippen molar-refractivity contribution in [1.82, 2.24) is 25.4 Å². The fourth-order valence-electron chi connectivity index (χ4n) is 4.17. The summed E-state index contributed by atoms with van der Waals surface area (Å²) >= 11 is 0. The number of ether oxygens (including phenoxy) is 1. The molecule has 1 unspecified atom stereocenters. The fraction of sp³-hybridized carbons (Fsp3) is 0.292. The first-order valence-corrected chi connectivity index (χ1v) is 10.8. The van der Waals surface area contributed by atoms with Crippen molar-refractivity contribution in [3.63, 3.8) is 0 Å². The number of aliphatic carboxylic acids is 1. The number of aryl methyl sites for hydroxylation is 1. The van der Waals surface area contributed by atoms with E-state index in [1.807, 2.05) is 48.5 Å². The van der Waals surface area contributed by atoms with Gasteiger partial charge in [-0.25, -0.2) is 9.78 Å². The van der Waals surface area contributed by atoms with E-state index in [0.717, 1.165) is 22.3 Å². The minimum Gasteiger partial charge on any atom is -0.481 e. The molecular formula is C24H25N5O5. The molecule has 34 heavy (non-hydrogen) atoms. The lowest BCUT2D eigenvalue weighted by atomic mass is 9.98. The zero-order valence-electron chi connectivity index (χ0n) is 18.8. The van der Waals surface area contributed by atoms with Crippen molar-refractivity contribution >= 4 is 18.0 Å². The SMILES string of the molecule is Cc1nc(CN(C)C(=O)C(CC(=O)O)NC(=O)OCC2c3ccccc3-c3ccccc32)n[nH]1. The van der Waals surface area contributed by atoms with E-state index in [4.69, 9.17) is 4.74 Å². The molecule has 0 radical (unpaired) electrons. The maximum atomic E-state index is 12.8. The lowest BCUT2D eigenvalue weighted by Crippen LogP contribution is -2.48. The van der Waals surface area contributed by atoms with Gasteiger partial charge < -0.3 is 20.1 Å². The van der Waals surface area contributed by atoms with Crippen LogP contribution in [0.5, 0.6) is 0 Å². The third-order valence-electron chi connectivity index (χ3n) is 5.71. The van der Waals surface area contributed by atoms with Crippen molar-refractivity contribution < 1.29 is 24.2 Å². The predicted molar refractivity (Wildman–Crippen MR) is 122 cm³/mol. The standard InChI is InChI=1S/C24H25N5O5/c1-14-25-21(28-27-14)12-29(2)23(32)20(11-22(30)31)26-24(33)34-13-19-17-9-5-3-7-15(17)16-8-4-6-10-18(16)19/h3-10,19-20H,11-13H2,1-2H3,(H,26,33)(H,30,31)(H,25,27,28). The van der Waals surface area contributed by atoms with E-state index in [9.17, 15) is 19.5 Å². The molecule has 0 fully saturated rings. The number of nitrogens with one attached hydrogen (secondary N) is 2. The zero-order valence-corrected chi connectivity index (χ0v) is 18.8. The molecule has 0 spiro atoms. The Labute approximate surface area is 196 Å². The second-order valence-electron chi connectivity index (χ2n) is 8.15. The van der Waals surface area contributed by atoms with Crippen LogP contribution in [0.15, 0.2) is 48.5 Å². The molecule has 0 aliphatic heterocycles. The summed E-state index contributed by atoms with van der Waals surface area (Å²) in [6.45, 7) is 1.84. The Morgan fingerprint density at radius 1 is 1.12 bits per heavy atom. The van der Waals surface area contributed by atoms with E-state index in [1.54, 1.807) is 6.92 Å². The number of likely N-dealkylation sites (N-methyl/N-ethyl adjacent to an activating group) is 1. The molecule has 0 saturated heterocycles. The lowest BCUT2D eigenvalue weighted by molar-refractivity contribution is -0.142. The van der Waals surface area contributed by atoms with E-state index in [2.05, 4.69) is 20.5 Å². The van der Waals surface area contributed by atoms with Crippen LogP contribution in [0.2, 0.25) is 0 Å². The highest BCUT2D eigenvalue weighted by Gasteiger charge is 2.31. The first-order chi connectivity index (χ1) is 16.3. The summed E-state index contributed by atoms with van der Waals surface area (Å²) in [6.07, 6.45) is -1.44. The Morgan fingerprint density at radius 2 is 1.74 bits per heavy atom. The van der Waals surface area contributed by atoms with Gasteiger partial charge in [-0.1, -0.05) is 48.5 Å². The number of carbonyl (C=O) groups is 3. The smallest absolute Gasteiger partial charge is 0.407 e. The van der Waals surface area contributed by atoms with Gasteiger partial charge in [-0.05, 0) is 29.2 Å². The van der Waals surface area contributed by atoms with Crippen LogP contribution in [-0.4, -0.2) is 62.9 Å². The number of carboxylic acid groups (broad SMARTS) is 1. The molecule has 1 aliphatic carbocycles. The van der Waals surface area contributed by atoms with Crippen LogP contribution in [0.4, 0.5) is 4.79 Å². The number of amides is 2. The van der Waals surface area contributed by atoms with Crippen LogP contribution in [0.1, 0.15) is 35.1 Å². The molecule has 1 heterocycles. The molecule has 3 N–H and O–H groups in total. The Bertz CT molecular complexity index is 1180. The number of hydrogen-bond donors (Lipinski definition) is 3. The molecular weight excluding hydrogens is 438 g/mol. The minimum absolute atomic E-state index is 0.0557. The molecule has 4 rings (SSSR count). The monoisotopic (exact) mass is 463 g/mol. The quantitative estimate of drug-likeness (QED) is 0.467. The third-order valence-corrected chi connectivity index (χ3v) is 5.71. The van der Waals surface area contributed by atoms with Crippen LogP contribution in [0.25, 0.3) is 11.1 Å². The Kier molecular flexibility index (Phi) is 6.58. The van der Waals surface area contributed by atoms with Crippen LogP contribution in [-0.2, 0) is 20.9 Å². The molecule has 1 aromatic heterocycles. The van der Waals surface area contributed by atoms with E-state index in [1.165, 1.54) is 11.9 Å². The van der Waals surface area contributed by atoms with Gasteiger partial charge in [0.1, 0.15) is 18.5 Å². The molecule has 0 saturated carbocycles. The lowest BCUT2D eigenvalue weighted by Gasteiger charge is -2.23. The van der Waals surface area contributed by atoms with E-state index in [0.29, 0.717) is 11.6 Å². The number of carboxylic acids is 1. The number of alkyl carbamates (subject to hydrolysis) is 1. The summed E-state index contributed by atoms with van der Waals surface area (Å²) in [5, 5.41) is 18.3. The fourth-order valence-corrected chi connectivity index (χ4v) is 4.17. The summed E-state index contributed by atoms with van der Waals surface area (Å²) in [5.74, 6) is -0.987. The predicted octanol–water partition coefficient (Wildman–Crippen LogP) is 2.45. The summed E-state index contributed by atoms with van der Waals surface area (Å²) < 4.78 is 5.46. The number of benzene rings is 2. The maximum Gasteiger partial charge on any atom is 0.407 e. The van der Waals surface area contributed by atoms with Crippen molar-refractivity contribution in [1.29, 1.82) is 0 Å². The van der Waals surface area contributed by atoms with Crippen molar-refractivity contribution in [2.24, 2.45) is 0 Å². The first-order valence-electron chi connectivity index (χ1n) is 10.8. The highest BCUT2D eigenvalue weighted by atomic mass is 16.5. The number of aromatic amines is 1. The molecule has 176 valence electrons.